The van der Waals surface area contributed by atoms with Crippen LogP contribution in [-0.4, -0.2) is 29.1 Å². The van der Waals surface area contributed by atoms with Crippen molar-refractivity contribution in [2.24, 2.45) is 0 Å². The van der Waals surface area contributed by atoms with E-state index < -0.39 is 17.7 Å². The van der Waals surface area contributed by atoms with E-state index in [0.29, 0.717) is 12.5 Å². The number of halogens is 2. The first kappa shape index (κ1) is 13.4. The van der Waals surface area contributed by atoms with Gasteiger partial charge in [0.1, 0.15) is 0 Å². The third kappa shape index (κ3) is 2.87. The second-order valence-electron chi connectivity index (χ2n) is 4.97. The molecule has 2 rings (SSSR count). The van der Waals surface area contributed by atoms with Crippen LogP contribution < -0.4 is 0 Å². The van der Waals surface area contributed by atoms with Gasteiger partial charge in [-0.1, -0.05) is 12.1 Å². The van der Waals surface area contributed by atoms with Gasteiger partial charge in [0, 0.05) is 18.2 Å². The molecule has 0 bridgehead atoms. The molecule has 0 spiro atoms. The van der Waals surface area contributed by atoms with Gasteiger partial charge in [-0.2, -0.15) is 0 Å². The summed E-state index contributed by atoms with van der Waals surface area (Å²) >= 11 is 0. The number of hydrogen-bond acceptors (Lipinski definition) is 2. The third-order valence-corrected chi connectivity index (χ3v) is 3.72. The highest BCUT2D eigenvalue weighted by Crippen LogP contribution is 2.24. The summed E-state index contributed by atoms with van der Waals surface area (Å²) < 4.78 is 26.5. The second-order valence-corrected chi connectivity index (χ2v) is 4.97. The van der Waals surface area contributed by atoms with Gasteiger partial charge in [0.2, 0.25) is 0 Å². The number of nitrogens with zero attached hydrogens (tertiary/aromatic N) is 1. The standard InChI is InChI=1S/C14H19F2NO/c1-10-4-3-8-17(10)9-7-13(18)11-5-2-6-12(15)14(11)16/h2,5-6,10,13,18H,3-4,7-9H2,1H3. The maximum atomic E-state index is 13.5. The van der Waals surface area contributed by atoms with Crippen LogP contribution in [-0.2, 0) is 0 Å². The Balaban J connectivity index is 1.95. The average Bonchev–Trinajstić information content (AvgIpc) is 2.75. The molecule has 1 saturated heterocycles. The van der Waals surface area contributed by atoms with Crippen LogP contribution in [0.1, 0.15) is 37.9 Å². The van der Waals surface area contributed by atoms with Crippen LogP contribution in [0.15, 0.2) is 18.2 Å². The van der Waals surface area contributed by atoms with Gasteiger partial charge >= 0.3 is 0 Å². The molecule has 0 aromatic heterocycles. The lowest BCUT2D eigenvalue weighted by Gasteiger charge is -2.22. The van der Waals surface area contributed by atoms with Crippen molar-refractivity contribution in [3.63, 3.8) is 0 Å². The van der Waals surface area contributed by atoms with E-state index >= 15 is 0 Å². The van der Waals surface area contributed by atoms with Crippen molar-refractivity contribution in [2.75, 3.05) is 13.1 Å². The van der Waals surface area contributed by atoms with Gasteiger partial charge in [-0.15, -0.1) is 0 Å². The van der Waals surface area contributed by atoms with E-state index in [1.807, 2.05) is 0 Å². The fraction of sp³-hybridized carbons (Fsp3) is 0.571. The smallest absolute Gasteiger partial charge is 0.164 e. The van der Waals surface area contributed by atoms with Gasteiger partial charge in [-0.05, 0) is 38.8 Å². The molecular weight excluding hydrogens is 236 g/mol. The van der Waals surface area contributed by atoms with Crippen LogP contribution in [0.2, 0.25) is 0 Å². The van der Waals surface area contributed by atoms with Gasteiger partial charge in [0.15, 0.2) is 11.6 Å². The number of likely N-dealkylation sites (tertiary alicyclic amines) is 1. The Hall–Kier alpha value is -1.00. The number of aliphatic hydroxyl groups is 1. The van der Waals surface area contributed by atoms with Crippen LogP contribution in [0, 0.1) is 11.6 Å². The highest BCUT2D eigenvalue weighted by Gasteiger charge is 2.22. The predicted molar refractivity (Wildman–Crippen MR) is 66.2 cm³/mol. The summed E-state index contributed by atoms with van der Waals surface area (Å²) in [6.07, 6.45) is 1.84. The monoisotopic (exact) mass is 255 g/mol. The minimum absolute atomic E-state index is 0.0573. The van der Waals surface area contributed by atoms with E-state index in [0.717, 1.165) is 19.2 Å². The molecule has 1 heterocycles. The molecule has 4 heteroatoms. The van der Waals surface area contributed by atoms with Crippen molar-refractivity contribution in [1.29, 1.82) is 0 Å². The van der Waals surface area contributed by atoms with E-state index in [4.69, 9.17) is 0 Å². The summed E-state index contributed by atoms with van der Waals surface area (Å²) in [7, 11) is 0. The van der Waals surface area contributed by atoms with Crippen molar-refractivity contribution < 1.29 is 13.9 Å². The molecule has 1 aliphatic heterocycles. The molecule has 0 saturated carbocycles. The van der Waals surface area contributed by atoms with Crippen molar-refractivity contribution >= 4 is 0 Å². The van der Waals surface area contributed by atoms with Crippen LogP contribution in [0.5, 0.6) is 0 Å². The first-order valence-electron chi connectivity index (χ1n) is 6.45. The predicted octanol–water partition coefficient (Wildman–Crippen LogP) is 2.87. The zero-order valence-electron chi connectivity index (χ0n) is 10.6. The Kier molecular flexibility index (Phi) is 4.30. The minimum atomic E-state index is -0.937. The minimum Gasteiger partial charge on any atom is -0.388 e. The Morgan fingerprint density at radius 2 is 2.22 bits per heavy atom. The molecule has 100 valence electrons. The first-order chi connectivity index (χ1) is 8.59. The van der Waals surface area contributed by atoms with E-state index in [9.17, 15) is 13.9 Å². The molecule has 1 N–H and O–H groups in total. The molecule has 2 unspecified atom stereocenters. The molecule has 0 aliphatic carbocycles. The molecule has 1 aromatic rings. The van der Waals surface area contributed by atoms with Gasteiger partial charge in [0.25, 0.3) is 0 Å². The van der Waals surface area contributed by atoms with Crippen LogP contribution in [0.25, 0.3) is 0 Å². The fourth-order valence-corrected chi connectivity index (χ4v) is 2.55. The van der Waals surface area contributed by atoms with Crippen LogP contribution >= 0.6 is 0 Å². The maximum absolute atomic E-state index is 13.5. The van der Waals surface area contributed by atoms with E-state index in [1.54, 1.807) is 0 Å². The lowest BCUT2D eigenvalue weighted by molar-refractivity contribution is 0.136. The Morgan fingerprint density at radius 3 is 2.89 bits per heavy atom. The second kappa shape index (κ2) is 5.76. The molecule has 0 amide bonds. The molecular formula is C14H19F2NO. The van der Waals surface area contributed by atoms with E-state index in [1.165, 1.54) is 25.0 Å². The number of benzene rings is 1. The molecule has 1 aromatic carbocycles. The van der Waals surface area contributed by atoms with Crippen LogP contribution in [0.4, 0.5) is 8.78 Å². The summed E-state index contributed by atoms with van der Waals surface area (Å²) in [5.41, 5.74) is 0.0573. The zero-order valence-corrected chi connectivity index (χ0v) is 10.6. The summed E-state index contributed by atoms with van der Waals surface area (Å²) in [5, 5.41) is 9.94. The summed E-state index contributed by atoms with van der Waals surface area (Å²) in [4.78, 5) is 2.28. The van der Waals surface area contributed by atoms with Crippen molar-refractivity contribution in [2.45, 2.75) is 38.3 Å². The molecule has 18 heavy (non-hydrogen) atoms. The molecule has 2 atom stereocenters. The number of aliphatic hydroxyl groups excluding tert-OH is 1. The molecule has 1 fully saturated rings. The highest BCUT2D eigenvalue weighted by atomic mass is 19.2. The first-order valence-corrected chi connectivity index (χ1v) is 6.45. The van der Waals surface area contributed by atoms with Crippen molar-refractivity contribution in [1.82, 2.24) is 4.90 Å². The van der Waals surface area contributed by atoms with Crippen molar-refractivity contribution in [3.05, 3.63) is 35.4 Å². The normalized spacial score (nSPS) is 22.3. The topological polar surface area (TPSA) is 23.5 Å². The average molecular weight is 255 g/mol. The quantitative estimate of drug-likeness (QED) is 0.894. The highest BCUT2D eigenvalue weighted by molar-refractivity contribution is 5.21. The lowest BCUT2D eigenvalue weighted by atomic mass is 10.1. The Labute approximate surface area is 106 Å². The molecule has 0 radical (unpaired) electrons. The number of rotatable bonds is 4. The van der Waals surface area contributed by atoms with Gasteiger partial charge in [-0.25, -0.2) is 8.78 Å². The Morgan fingerprint density at radius 1 is 1.44 bits per heavy atom. The molecule has 1 aliphatic rings. The molecule has 2 nitrogen and oxygen atoms in total. The van der Waals surface area contributed by atoms with Gasteiger partial charge in [-0.3, -0.25) is 0 Å². The SMILES string of the molecule is CC1CCCN1CCC(O)c1cccc(F)c1F. The summed E-state index contributed by atoms with van der Waals surface area (Å²) in [6.45, 7) is 3.90. The van der Waals surface area contributed by atoms with Crippen molar-refractivity contribution in [3.8, 4) is 0 Å². The summed E-state index contributed by atoms with van der Waals surface area (Å²) in [6, 6.07) is 4.45. The fourth-order valence-electron chi connectivity index (χ4n) is 2.55. The van der Waals surface area contributed by atoms with Gasteiger partial charge in [0.05, 0.1) is 6.10 Å². The third-order valence-electron chi connectivity index (χ3n) is 3.72. The Bertz CT molecular complexity index is 411. The van der Waals surface area contributed by atoms with E-state index in [2.05, 4.69) is 11.8 Å². The van der Waals surface area contributed by atoms with E-state index in [-0.39, 0.29) is 5.56 Å². The largest absolute Gasteiger partial charge is 0.388 e. The zero-order chi connectivity index (χ0) is 13.1. The number of hydrogen-bond donors (Lipinski definition) is 1. The lowest BCUT2D eigenvalue weighted by Crippen LogP contribution is -2.29. The van der Waals surface area contributed by atoms with Crippen LogP contribution in [0.3, 0.4) is 0 Å². The van der Waals surface area contributed by atoms with Gasteiger partial charge < -0.3 is 10.0 Å². The maximum Gasteiger partial charge on any atom is 0.164 e. The summed E-state index contributed by atoms with van der Waals surface area (Å²) in [5.74, 6) is -1.83.